The monoisotopic (exact) mass is 345 g/mol. The Morgan fingerprint density at radius 2 is 1.81 bits per heavy atom. The molecule has 4 heteroatoms. The van der Waals surface area contributed by atoms with Gasteiger partial charge >= 0.3 is 5.97 Å². The summed E-state index contributed by atoms with van der Waals surface area (Å²) in [6.45, 7) is 4.09. The highest BCUT2D eigenvalue weighted by atomic mass is 16.5. The van der Waals surface area contributed by atoms with Gasteiger partial charge < -0.3 is 14.8 Å². The molecular weight excluding hydrogens is 326 g/mol. The van der Waals surface area contributed by atoms with Crippen molar-refractivity contribution in [1.29, 1.82) is 0 Å². The topological polar surface area (TPSA) is 62.3 Å². The van der Waals surface area contributed by atoms with E-state index < -0.39 is 5.97 Å². The van der Waals surface area contributed by atoms with Gasteiger partial charge in [-0.05, 0) is 31.5 Å². The number of rotatable bonds is 3. The molecule has 0 aliphatic carbocycles. The Hall–Kier alpha value is -3.27. The first-order chi connectivity index (χ1) is 12.6. The molecule has 0 saturated carbocycles. The summed E-state index contributed by atoms with van der Waals surface area (Å²) in [5, 5.41) is 12.7. The number of esters is 1. The van der Waals surface area contributed by atoms with Crippen LogP contribution in [0.25, 0.3) is 32.9 Å². The lowest BCUT2D eigenvalue weighted by molar-refractivity contribution is 0.0529. The summed E-state index contributed by atoms with van der Waals surface area (Å²) in [6.07, 6.45) is 0. The second-order valence-electron chi connectivity index (χ2n) is 6.33. The number of aromatic nitrogens is 1. The van der Waals surface area contributed by atoms with E-state index in [4.69, 9.17) is 4.74 Å². The first-order valence-electron chi connectivity index (χ1n) is 8.60. The van der Waals surface area contributed by atoms with Crippen molar-refractivity contribution in [3.63, 3.8) is 0 Å². The summed E-state index contributed by atoms with van der Waals surface area (Å²) >= 11 is 0. The number of phenols is 1. The fourth-order valence-corrected chi connectivity index (χ4v) is 3.44. The summed E-state index contributed by atoms with van der Waals surface area (Å²) in [6, 6.07) is 17.2. The van der Waals surface area contributed by atoms with Crippen molar-refractivity contribution in [2.75, 3.05) is 6.61 Å². The van der Waals surface area contributed by atoms with E-state index in [9.17, 15) is 9.90 Å². The van der Waals surface area contributed by atoms with E-state index in [2.05, 4.69) is 4.98 Å². The van der Waals surface area contributed by atoms with Gasteiger partial charge in [0.25, 0.3) is 0 Å². The van der Waals surface area contributed by atoms with Crippen molar-refractivity contribution >= 4 is 27.6 Å². The third-order valence-electron chi connectivity index (χ3n) is 4.58. The molecule has 0 bridgehead atoms. The first kappa shape index (κ1) is 16.2. The molecule has 2 N–H and O–H groups in total. The standard InChI is InChI=1S/C22H19NO3/c1-3-26-22(25)19-17-12-18(24)15-9-4-5-10-16(15)21(17)23-20(19)14-8-6-7-13(2)11-14/h4-12,23-24H,3H2,1-2H3. The van der Waals surface area contributed by atoms with Crippen LogP contribution in [0.4, 0.5) is 0 Å². The lowest BCUT2D eigenvalue weighted by Crippen LogP contribution is -2.05. The highest BCUT2D eigenvalue weighted by molar-refractivity contribution is 6.18. The van der Waals surface area contributed by atoms with E-state index in [1.807, 2.05) is 55.5 Å². The number of fused-ring (bicyclic) bond motifs is 3. The molecular formula is C22H19NO3. The van der Waals surface area contributed by atoms with Crippen molar-refractivity contribution in [3.8, 4) is 17.0 Å². The molecule has 0 fully saturated rings. The molecule has 0 aliphatic rings. The Kier molecular flexibility index (Phi) is 3.88. The number of H-pyrrole nitrogens is 1. The Balaban J connectivity index is 2.12. The molecule has 0 amide bonds. The molecule has 4 rings (SSSR count). The Labute approximate surface area is 151 Å². The number of phenolic OH excluding ortho intramolecular Hbond substituents is 1. The number of ether oxygens (including phenoxy) is 1. The molecule has 1 aromatic heterocycles. The van der Waals surface area contributed by atoms with Gasteiger partial charge in [-0.25, -0.2) is 4.79 Å². The summed E-state index contributed by atoms with van der Waals surface area (Å²) in [5.41, 5.74) is 3.99. The molecule has 4 aromatic rings. The van der Waals surface area contributed by atoms with Crippen LogP contribution in [0.3, 0.4) is 0 Å². The predicted molar refractivity (Wildman–Crippen MR) is 104 cm³/mol. The highest BCUT2D eigenvalue weighted by Gasteiger charge is 2.23. The van der Waals surface area contributed by atoms with E-state index in [0.717, 1.165) is 27.4 Å². The van der Waals surface area contributed by atoms with Crippen molar-refractivity contribution in [2.24, 2.45) is 0 Å². The Bertz CT molecular complexity index is 1140. The molecule has 4 nitrogen and oxygen atoms in total. The minimum atomic E-state index is -0.398. The molecule has 0 spiro atoms. The van der Waals surface area contributed by atoms with Crippen molar-refractivity contribution < 1.29 is 14.6 Å². The quantitative estimate of drug-likeness (QED) is 0.503. The number of aryl methyl sites for hydroxylation is 1. The molecule has 130 valence electrons. The maximum Gasteiger partial charge on any atom is 0.340 e. The predicted octanol–water partition coefficient (Wildman–Crippen LogP) is 5.18. The molecule has 3 aromatic carbocycles. The van der Waals surface area contributed by atoms with Crippen LogP contribution >= 0.6 is 0 Å². The maximum absolute atomic E-state index is 12.7. The number of carbonyl (C=O) groups excluding carboxylic acids is 1. The van der Waals surface area contributed by atoms with Gasteiger partial charge in [0.15, 0.2) is 0 Å². The van der Waals surface area contributed by atoms with E-state index >= 15 is 0 Å². The number of hydrogen-bond donors (Lipinski definition) is 2. The zero-order valence-corrected chi connectivity index (χ0v) is 14.7. The van der Waals surface area contributed by atoms with Gasteiger partial charge in [-0.1, -0.05) is 48.0 Å². The summed E-state index contributed by atoms with van der Waals surface area (Å²) in [7, 11) is 0. The summed E-state index contributed by atoms with van der Waals surface area (Å²) in [4.78, 5) is 16.1. The largest absolute Gasteiger partial charge is 0.507 e. The summed E-state index contributed by atoms with van der Waals surface area (Å²) < 4.78 is 5.30. The SMILES string of the molecule is CCOC(=O)c1c(-c2cccc(C)c2)[nH]c2c1cc(O)c1ccccc12. The van der Waals surface area contributed by atoms with Crippen molar-refractivity contribution in [3.05, 3.63) is 65.7 Å². The number of benzene rings is 3. The molecule has 0 radical (unpaired) electrons. The van der Waals surface area contributed by atoms with Crippen LogP contribution in [0.5, 0.6) is 5.75 Å². The number of hydrogen-bond acceptors (Lipinski definition) is 3. The van der Waals surface area contributed by atoms with Crippen LogP contribution in [0.15, 0.2) is 54.6 Å². The fraction of sp³-hybridized carbons (Fsp3) is 0.136. The molecule has 0 aliphatic heterocycles. The van der Waals surface area contributed by atoms with E-state index in [0.29, 0.717) is 23.3 Å². The van der Waals surface area contributed by atoms with Crippen molar-refractivity contribution in [1.82, 2.24) is 4.98 Å². The van der Waals surface area contributed by atoms with Gasteiger partial charge in [0, 0.05) is 16.2 Å². The normalized spacial score (nSPS) is 11.2. The van der Waals surface area contributed by atoms with Gasteiger partial charge in [-0.2, -0.15) is 0 Å². The number of carbonyl (C=O) groups is 1. The average molecular weight is 345 g/mol. The van der Waals surface area contributed by atoms with Gasteiger partial charge in [0.2, 0.25) is 0 Å². The summed E-state index contributed by atoms with van der Waals surface area (Å²) in [5.74, 6) is -0.252. The van der Waals surface area contributed by atoms with Crippen LogP contribution in [-0.4, -0.2) is 22.7 Å². The molecule has 26 heavy (non-hydrogen) atoms. The van der Waals surface area contributed by atoms with Gasteiger partial charge in [-0.15, -0.1) is 0 Å². The van der Waals surface area contributed by atoms with Crippen molar-refractivity contribution in [2.45, 2.75) is 13.8 Å². The lowest BCUT2D eigenvalue weighted by atomic mass is 10.0. The number of aromatic amines is 1. The third-order valence-corrected chi connectivity index (χ3v) is 4.58. The minimum Gasteiger partial charge on any atom is -0.507 e. The molecule has 0 unspecified atom stereocenters. The Morgan fingerprint density at radius 1 is 1.04 bits per heavy atom. The molecule has 0 atom stereocenters. The lowest BCUT2D eigenvalue weighted by Gasteiger charge is -2.06. The second kappa shape index (κ2) is 6.23. The van der Waals surface area contributed by atoms with E-state index in [1.54, 1.807) is 13.0 Å². The highest BCUT2D eigenvalue weighted by Crippen LogP contribution is 2.38. The van der Waals surface area contributed by atoms with Crippen LogP contribution in [0.2, 0.25) is 0 Å². The van der Waals surface area contributed by atoms with Crippen LogP contribution in [0, 0.1) is 6.92 Å². The zero-order valence-electron chi connectivity index (χ0n) is 14.7. The van der Waals surface area contributed by atoms with E-state index in [1.165, 1.54) is 0 Å². The third kappa shape index (κ3) is 2.51. The molecule has 0 saturated heterocycles. The zero-order chi connectivity index (χ0) is 18.3. The van der Waals surface area contributed by atoms with Crippen LogP contribution < -0.4 is 0 Å². The van der Waals surface area contributed by atoms with Gasteiger partial charge in [0.1, 0.15) is 5.75 Å². The smallest absolute Gasteiger partial charge is 0.340 e. The number of aromatic hydroxyl groups is 1. The molecule has 1 heterocycles. The number of nitrogens with one attached hydrogen (secondary N) is 1. The maximum atomic E-state index is 12.7. The minimum absolute atomic E-state index is 0.147. The second-order valence-corrected chi connectivity index (χ2v) is 6.33. The first-order valence-corrected chi connectivity index (χ1v) is 8.60. The average Bonchev–Trinajstić information content (AvgIpc) is 3.02. The van der Waals surface area contributed by atoms with Crippen LogP contribution in [0.1, 0.15) is 22.8 Å². The van der Waals surface area contributed by atoms with E-state index in [-0.39, 0.29) is 5.75 Å². The van der Waals surface area contributed by atoms with Crippen LogP contribution in [-0.2, 0) is 4.74 Å². The Morgan fingerprint density at radius 3 is 2.54 bits per heavy atom. The fourth-order valence-electron chi connectivity index (χ4n) is 3.44. The van der Waals surface area contributed by atoms with Gasteiger partial charge in [0.05, 0.1) is 23.4 Å². The van der Waals surface area contributed by atoms with Gasteiger partial charge in [-0.3, -0.25) is 0 Å².